The van der Waals surface area contributed by atoms with Gasteiger partial charge in [0.1, 0.15) is 4.88 Å². The summed E-state index contributed by atoms with van der Waals surface area (Å²) in [5.41, 5.74) is 4.82. The standard InChI is InChI=1S/C20H20N2O2S/c1-22(13-15-8-4-2-5-9-15)14-17-12-18(16-10-6-3-7-11-16)19(25-17)20(23)21-24/h2-12,24H,13-14H2,1H3,(H,21,23). The van der Waals surface area contributed by atoms with Crippen molar-refractivity contribution >= 4 is 17.2 Å². The molecule has 0 radical (unpaired) electrons. The highest BCUT2D eigenvalue weighted by Crippen LogP contribution is 2.32. The van der Waals surface area contributed by atoms with E-state index in [1.807, 2.05) is 54.6 Å². The predicted molar refractivity (Wildman–Crippen MR) is 101 cm³/mol. The van der Waals surface area contributed by atoms with Gasteiger partial charge in [-0.15, -0.1) is 11.3 Å². The monoisotopic (exact) mass is 352 g/mol. The fourth-order valence-electron chi connectivity index (χ4n) is 2.79. The first-order valence-electron chi connectivity index (χ1n) is 8.02. The molecule has 0 bridgehead atoms. The van der Waals surface area contributed by atoms with Gasteiger partial charge in [-0.25, -0.2) is 5.48 Å². The van der Waals surface area contributed by atoms with Crippen LogP contribution in [0.2, 0.25) is 0 Å². The van der Waals surface area contributed by atoms with Crippen LogP contribution in [0.3, 0.4) is 0 Å². The van der Waals surface area contributed by atoms with Gasteiger partial charge in [0.2, 0.25) is 0 Å². The highest BCUT2D eigenvalue weighted by atomic mass is 32.1. The minimum atomic E-state index is -0.471. The van der Waals surface area contributed by atoms with E-state index in [9.17, 15) is 4.79 Å². The second-order valence-electron chi connectivity index (χ2n) is 5.92. The molecule has 0 atom stereocenters. The summed E-state index contributed by atoms with van der Waals surface area (Å²) in [6, 6.07) is 22.1. The number of amides is 1. The smallest absolute Gasteiger partial charge is 0.285 e. The average molecular weight is 352 g/mol. The third-order valence-corrected chi connectivity index (χ3v) is 5.02. The van der Waals surface area contributed by atoms with Crippen molar-refractivity contribution in [1.82, 2.24) is 10.4 Å². The quantitative estimate of drug-likeness (QED) is 0.517. The van der Waals surface area contributed by atoms with E-state index >= 15 is 0 Å². The van der Waals surface area contributed by atoms with Crippen molar-refractivity contribution in [3.8, 4) is 11.1 Å². The molecular formula is C20H20N2O2S. The summed E-state index contributed by atoms with van der Waals surface area (Å²) in [6.45, 7) is 1.57. The molecule has 25 heavy (non-hydrogen) atoms. The van der Waals surface area contributed by atoms with Crippen molar-refractivity contribution in [1.29, 1.82) is 0 Å². The molecule has 2 aromatic carbocycles. The van der Waals surface area contributed by atoms with E-state index in [1.54, 1.807) is 5.48 Å². The molecular weight excluding hydrogens is 332 g/mol. The van der Waals surface area contributed by atoms with Crippen LogP contribution in [-0.4, -0.2) is 23.1 Å². The van der Waals surface area contributed by atoms with Gasteiger partial charge in [-0.2, -0.15) is 0 Å². The van der Waals surface area contributed by atoms with Crippen molar-refractivity contribution in [2.45, 2.75) is 13.1 Å². The summed E-state index contributed by atoms with van der Waals surface area (Å²) < 4.78 is 0. The Hall–Kier alpha value is -2.47. The molecule has 0 aliphatic carbocycles. The van der Waals surface area contributed by atoms with Gasteiger partial charge in [-0.3, -0.25) is 14.9 Å². The van der Waals surface area contributed by atoms with E-state index < -0.39 is 5.91 Å². The van der Waals surface area contributed by atoms with Gasteiger partial charge in [0.15, 0.2) is 0 Å². The fourth-order valence-corrected chi connectivity index (χ4v) is 3.94. The Bertz CT molecular complexity index is 831. The van der Waals surface area contributed by atoms with Crippen LogP contribution in [0.1, 0.15) is 20.1 Å². The number of hydrogen-bond donors (Lipinski definition) is 2. The molecule has 1 heterocycles. The largest absolute Gasteiger partial charge is 0.297 e. The molecule has 5 heteroatoms. The molecule has 0 saturated heterocycles. The van der Waals surface area contributed by atoms with Crippen LogP contribution >= 0.6 is 11.3 Å². The first-order chi connectivity index (χ1) is 12.2. The van der Waals surface area contributed by atoms with E-state index in [2.05, 4.69) is 24.1 Å². The van der Waals surface area contributed by atoms with Gasteiger partial charge in [0.05, 0.1) is 0 Å². The Labute approximate surface area is 151 Å². The zero-order valence-electron chi connectivity index (χ0n) is 14.0. The van der Waals surface area contributed by atoms with Crippen molar-refractivity contribution in [2.75, 3.05) is 7.05 Å². The van der Waals surface area contributed by atoms with Crippen LogP contribution < -0.4 is 5.48 Å². The molecule has 0 spiro atoms. The Kier molecular flexibility index (Phi) is 5.60. The van der Waals surface area contributed by atoms with Crippen LogP contribution in [0.15, 0.2) is 66.7 Å². The lowest BCUT2D eigenvalue weighted by Gasteiger charge is -2.15. The number of thiophene rings is 1. The highest BCUT2D eigenvalue weighted by molar-refractivity contribution is 7.14. The van der Waals surface area contributed by atoms with Crippen LogP contribution in [0.5, 0.6) is 0 Å². The lowest BCUT2D eigenvalue weighted by molar-refractivity contribution is 0.0711. The van der Waals surface area contributed by atoms with E-state index in [-0.39, 0.29) is 0 Å². The van der Waals surface area contributed by atoms with Crippen LogP contribution in [0.4, 0.5) is 0 Å². The molecule has 4 nitrogen and oxygen atoms in total. The molecule has 0 aliphatic rings. The Morgan fingerprint density at radius 2 is 1.68 bits per heavy atom. The molecule has 0 aliphatic heterocycles. The summed E-state index contributed by atoms with van der Waals surface area (Å²) in [7, 11) is 2.06. The van der Waals surface area contributed by atoms with Gasteiger partial charge in [-0.05, 0) is 24.2 Å². The maximum Gasteiger partial charge on any atom is 0.285 e. The zero-order valence-corrected chi connectivity index (χ0v) is 14.8. The second-order valence-corrected chi connectivity index (χ2v) is 7.06. The molecule has 2 N–H and O–H groups in total. The van der Waals surface area contributed by atoms with Gasteiger partial charge < -0.3 is 0 Å². The predicted octanol–water partition coefficient (Wildman–Crippen LogP) is 4.17. The molecule has 0 fully saturated rings. The van der Waals surface area contributed by atoms with E-state index in [0.29, 0.717) is 4.88 Å². The van der Waals surface area contributed by atoms with Gasteiger partial charge in [0.25, 0.3) is 5.91 Å². The van der Waals surface area contributed by atoms with Gasteiger partial charge in [-0.1, -0.05) is 60.7 Å². The number of rotatable bonds is 6. The third kappa shape index (κ3) is 4.33. The number of benzene rings is 2. The first-order valence-corrected chi connectivity index (χ1v) is 8.84. The van der Waals surface area contributed by atoms with Crippen molar-refractivity contribution in [3.63, 3.8) is 0 Å². The van der Waals surface area contributed by atoms with Crippen molar-refractivity contribution < 1.29 is 10.0 Å². The number of carbonyl (C=O) groups is 1. The molecule has 128 valence electrons. The Morgan fingerprint density at radius 1 is 1.04 bits per heavy atom. The molecule has 1 aromatic heterocycles. The highest BCUT2D eigenvalue weighted by Gasteiger charge is 2.18. The molecule has 1 amide bonds. The SMILES string of the molecule is CN(Cc1ccccc1)Cc1cc(-c2ccccc2)c(C(=O)NO)s1. The van der Waals surface area contributed by atoms with Crippen LogP contribution in [-0.2, 0) is 13.1 Å². The van der Waals surface area contributed by atoms with Crippen LogP contribution in [0.25, 0.3) is 11.1 Å². The molecule has 0 saturated carbocycles. The third-order valence-electron chi connectivity index (χ3n) is 3.90. The number of carbonyl (C=O) groups excluding carboxylic acids is 1. The number of nitrogens with one attached hydrogen (secondary N) is 1. The summed E-state index contributed by atoms with van der Waals surface area (Å²) >= 11 is 1.41. The maximum atomic E-state index is 12.0. The van der Waals surface area contributed by atoms with Crippen molar-refractivity contribution in [2.24, 2.45) is 0 Å². The van der Waals surface area contributed by atoms with Crippen molar-refractivity contribution in [3.05, 3.63) is 82.0 Å². The van der Waals surface area contributed by atoms with E-state index in [1.165, 1.54) is 16.9 Å². The van der Waals surface area contributed by atoms with Gasteiger partial charge in [0, 0.05) is 23.5 Å². The Morgan fingerprint density at radius 3 is 2.32 bits per heavy atom. The molecule has 3 rings (SSSR count). The fraction of sp³-hybridized carbons (Fsp3) is 0.150. The minimum Gasteiger partial charge on any atom is -0.297 e. The maximum absolute atomic E-state index is 12.0. The lowest BCUT2D eigenvalue weighted by atomic mass is 10.1. The minimum absolute atomic E-state index is 0.471. The summed E-state index contributed by atoms with van der Waals surface area (Å²) in [6.07, 6.45) is 0. The molecule has 0 unspecified atom stereocenters. The summed E-state index contributed by atoms with van der Waals surface area (Å²) in [4.78, 5) is 15.8. The number of hydroxylamine groups is 1. The van der Waals surface area contributed by atoms with E-state index in [4.69, 9.17) is 5.21 Å². The number of hydrogen-bond acceptors (Lipinski definition) is 4. The summed E-state index contributed by atoms with van der Waals surface area (Å²) in [5.74, 6) is -0.471. The second kappa shape index (κ2) is 8.07. The topological polar surface area (TPSA) is 52.6 Å². The zero-order chi connectivity index (χ0) is 17.6. The average Bonchev–Trinajstić information content (AvgIpc) is 3.06. The van der Waals surface area contributed by atoms with Crippen LogP contribution in [0, 0.1) is 0 Å². The normalized spacial score (nSPS) is 10.8. The summed E-state index contributed by atoms with van der Waals surface area (Å²) in [5, 5.41) is 9.04. The lowest BCUT2D eigenvalue weighted by Crippen LogP contribution is -2.18. The number of nitrogens with zero attached hydrogens (tertiary/aromatic N) is 1. The molecule has 3 aromatic rings. The van der Waals surface area contributed by atoms with Gasteiger partial charge >= 0.3 is 0 Å². The Balaban J connectivity index is 1.82. The van der Waals surface area contributed by atoms with E-state index in [0.717, 1.165) is 29.1 Å². The first kappa shape index (κ1) is 17.4.